The predicted octanol–water partition coefficient (Wildman–Crippen LogP) is -1.30. The molecule has 0 saturated heterocycles. The van der Waals surface area contributed by atoms with Crippen molar-refractivity contribution in [1.29, 1.82) is 0 Å². The number of rotatable bonds is 4. The highest BCUT2D eigenvalue weighted by Gasteiger charge is 2.14. The summed E-state index contributed by atoms with van der Waals surface area (Å²) in [4.78, 5) is 11.4. The zero-order chi connectivity index (χ0) is 13.1. The second-order valence-corrected chi connectivity index (χ2v) is 5.01. The van der Waals surface area contributed by atoms with Gasteiger partial charge in [-0.1, -0.05) is 17.6 Å². The van der Waals surface area contributed by atoms with Gasteiger partial charge in [-0.05, 0) is 6.07 Å². The molecule has 8 heteroatoms. The van der Waals surface area contributed by atoms with Crippen LogP contribution < -0.4 is 5.46 Å². The van der Waals surface area contributed by atoms with Crippen molar-refractivity contribution >= 4 is 29.4 Å². The average molecular weight is 258 g/mol. The van der Waals surface area contributed by atoms with Crippen molar-refractivity contribution in [2.24, 2.45) is 0 Å². The van der Waals surface area contributed by atoms with Crippen LogP contribution in [0.4, 0.5) is 0 Å². The standard InChI is InChI=1S/C9H11BO6S/c10-6-1-2-8(11)7(5-6)9(12)16-3-4-17(13,14)15/h1-2,5,11H,3-4,10H2,(H,13,14,15). The van der Waals surface area contributed by atoms with Crippen molar-refractivity contribution in [3.63, 3.8) is 0 Å². The van der Waals surface area contributed by atoms with Crippen molar-refractivity contribution in [3.05, 3.63) is 23.8 Å². The van der Waals surface area contributed by atoms with Crippen molar-refractivity contribution in [2.45, 2.75) is 0 Å². The van der Waals surface area contributed by atoms with Crippen molar-refractivity contribution in [2.75, 3.05) is 12.4 Å². The Morgan fingerprint density at radius 2 is 2.06 bits per heavy atom. The lowest BCUT2D eigenvalue weighted by Gasteiger charge is -2.06. The van der Waals surface area contributed by atoms with E-state index in [0.717, 1.165) is 5.46 Å². The number of carbonyl (C=O) groups is 1. The number of benzene rings is 1. The van der Waals surface area contributed by atoms with Gasteiger partial charge in [0.25, 0.3) is 10.1 Å². The van der Waals surface area contributed by atoms with Gasteiger partial charge in [-0.2, -0.15) is 8.42 Å². The first-order valence-corrected chi connectivity index (χ1v) is 6.32. The summed E-state index contributed by atoms with van der Waals surface area (Å²) in [5.41, 5.74) is 0.713. The highest BCUT2D eigenvalue weighted by molar-refractivity contribution is 7.85. The maximum absolute atomic E-state index is 11.4. The molecule has 0 spiro atoms. The Balaban J connectivity index is 2.67. The van der Waals surface area contributed by atoms with Crippen molar-refractivity contribution in [3.8, 4) is 5.75 Å². The summed E-state index contributed by atoms with van der Waals surface area (Å²) in [6, 6.07) is 4.38. The number of phenolic OH excluding ortho intramolecular Hbond substituents is 1. The first-order chi connectivity index (χ1) is 7.79. The van der Waals surface area contributed by atoms with Gasteiger partial charge in [0.2, 0.25) is 0 Å². The first kappa shape index (κ1) is 13.5. The molecule has 1 rings (SSSR count). The van der Waals surface area contributed by atoms with Crippen LogP contribution in [-0.4, -0.2) is 44.3 Å². The molecule has 0 atom stereocenters. The number of hydrogen-bond acceptors (Lipinski definition) is 5. The lowest BCUT2D eigenvalue weighted by molar-refractivity contribution is 0.0525. The Labute approximate surface area is 99.4 Å². The third-order valence-electron chi connectivity index (χ3n) is 1.95. The average Bonchev–Trinajstić information content (AvgIpc) is 2.19. The molecule has 1 aromatic carbocycles. The zero-order valence-electron chi connectivity index (χ0n) is 9.08. The van der Waals surface area contributed by atoms with Gasteiger partial charge in [0, 0.05) is 0 Å². The minimum atomic E-state index is -4.16. The van der Waals surface area contributed by atoms with Crippen molar-refractivity contribution < 1.29 is 27.6 Å². The monoisotopic (exact) mass is 258 g/mol. The fourth-order valence-corrected chi connectivity index (χ4v) is 1.42. The Morgan fingerprint density at radius 3 is 2.65 bits per heavy atom. The van der Waals surface area contributed by atoms with Crippen LogP contribution in [0.2, 0.25) is 0 Å². The lowest BCUT2D eigenvalue weighted by Crippen LogP contribution is -2.16. The van der Waals surface area contributed by atoms with Crippen molar-refractivity contribution in [1.82, 2.24) is 0 Å². The van der Waals surface area contributed by atoms with E-state index in [1.807, 2.05) is 0 Å². The highest BCUT2D eigenvalue weighted by atomic mass is 32.2. The zero-order valence-corrected chi connectivity index (χ0v) is 9.90. The SMILES string of the molecule is Bc1ccc(O)c(C(=O)OCCS(=O)(=O)O)c1. The molecule has 1 aromatic rings. The third kappa shape index (κ3) is 4.45. The number of esters is 1. The fraction of sp³-hybridized carbons (Fsp3) is 0.222. The summed E-state index contributed by atoms with van der Waals surface area (Å²) in [5, 5.41) is 9.40. The van der Waals surface area contributed by atoms with Gasteiger partial charge in [-0.15, -0.1) is 0 Å². The molecule has 0 fully saturated rings. The van der Waals surface area contributed by atoms with Crippen LogP contribution in [0.25, 0.3) is 0 Å². The second-order valence-electron chi connectivity index (χ2n) is 3.44. The molecule has 0 radical (unpaired) electrons. The van der Waals surface area contributed by atoms with Crippen LogP contribution in [0.5, 0.6) is 5.75 Å². The summed E-state index contributed by atoms with van der Waals surface area (Å²) in [6.45, 7) is -0.467. The van der Waals surface area contributed by atoms with E-state index in [-0.39, 0.29) is 11.3 Å². The minimum absolute atomic E-state index is 0.0414. The fourth-order valence-electron chi connectivity index (χ4n) is 1.13. The second kappa shape index (κ2) is 5.20. The normalized spacial score (nSPS) is 11.1. The highest BCUT2D eigenvalue weighted by Crippen LogP contribution is 2.15. The number of carbonyl (C=O) groups excluding carboxylic acids is 1. The van der Waals surface area contributed by atoms with E-state index in [9.17, 15) is 18.3 Å². The Bertz CT molecular complexity index is 524. The summed E-state index contributed by atoms with van der Waals surface area (Å²) in [7, 11) is -2.43. The van der Waals surface area contributed by atoms with Gasteiger partial charge < -0.3 is 9.84 Å². The smallest absolute Gasteiger partial charge is 0.341 e. The third-order valence-corrected chi connectivity index (χ3v) is 2.63. The van der Waals surface area contributed by atoms with Gasteiger partial charge in [0.15, 0.2) is 0 Å². The van der Waals surface area contributed by atoms with Crippen LogP contribution in [0.1, 0.15) is 10.4 Å². The maximum atomic E-state index is 11.4. The van der Waals surface area contributed by atoms with Gasteiger partial charge in [-0.3, -0.25) is 4.55 Å². The van der Waals surface area contributed by atoms with E-state index in [4.69, 9.17) is 4.55 Å². The molecule has 0 saturated carbocycles. The molecule has 0 aliphatic heterocycles. The lowest BCUT2D eigenvalue weighted by atomic mass is 9.94. The Hall–Kier alpha value is -1.54. The summed E-state index contributed by atoms with van der Waals surface area (Å²) < 4.78 is 33.8. The van der Waals surface area contributed by atoms with E-state index in [2.05, 4.69) is 4.74 Å². The van der Waals surface area contributed by atoms with Crippen LogP contribution in [0, 0.1) is 0 Å². The van der Waals surface area contributed by atoms with Gasteiger partial charge in [0.1, 0.15) is 31.5 Å². The summed E-state index contributed by atoms with van der Waals surface area (Å²) in [6.07, 6.45) is 0. The summed E-state index contributed by atoms with van der Waals surface area (Å²) >= 11 is 0. The molecule has 0 unspecified atom stereocenters. The van der Waals surface area contributed by atoms with E-state index < -0.39 is 28.4 Å². The number of aromatic hydroxyl groups is 1. The topological polar surface area (TPSA) is 101 Å². The van der Waals surface area contributed by atoms with Gasteiger partial charge in [-0.25, -0.2) is 4.79 Å². The van der Waals surface area contributed by atoms with Crippen LogP contribution in [-0.2, 0) is 14.9 Å². The van der Waals surface area contributed by atoms with E-state index in [1.165, 1.54) is 12.1 Å². The maximum Gasteiger partial charge on any atom is 0.341 e. The Morgan fingerprint density at radius 1 is 1.41 bits per heavy atom. The van der Waals surface area contributed by atoms with E-state index in [0.29, 0.717) is 0 Å². The molecule has 92 valence electrons. The molecule has 2 N–H and O–H groups in total. The molecular formula is C9H11BO6S. The Kier molecular flexibility index (Phi) is 4.14. The molecule has 0 aliphatic carbocycles. The largest absolute Gasteiger partial charge is 0.507 e. The molecule has 0 bridgehead atoms. The summed E-state index contributed by atoms with van der Waals surface area (Å²) in [5.74, 6) is -1.76. The number of ether oxygens (including phenoxy) is 1. The molecule has 0 aromatic heterocycles. The quantitative estimate of drug-likeness (QED) is 0.395. The first-order valence-electron chi connectivity index (χ1n) is 4.71. The van der Waals surface area contributed by atoms with Crippen LogP contribution in [0.15, 0.2) is 18.2 Å². The molecule has 0 heterocycles. The molecule has 0 aliphatic rings. The molecule has 6 nitrogen and oxygen atoms in total. The minimum Gasteiger partial charge on any atom is -0.507 e. The molecule has 0 amide bonds. The van der Waals surface area contributed by atoms with Gasteiger partial charge >= 0.3 is 5.97 Å². The number of hydrogen-bond donors (Lipinski definition) is 2. The van der Waals surface area contributed by atoms with E-state index >= 15 is 0 Å². The van der Waals surface area contributed by atoms with E-state index in [1.54, 1.807) is 13.9 Å². The number of phenols is 1. The van der Waals surface area contributed by atoms with Gasteiger partial charge in [0.05, 0.1) is 0 Å². The van der Waals surface area contributed by atoms with Crippen LogP contribution in [0.3, 0.4) is 0 Å². The molecular weight excluding hydrogens is 247 g/mol. The van der Waals surface area contributed by atoms with Crippen LogP contribution >= 0.6 is 0 Å². The predicted molar refractivity (Wildman–Crippen MR) is 63.0 cm³/mol. The molecule has 17 heavy (non-hydrogen) atoms.